The van der Waals surface area contributed by atoms with Gasteiger partial charge in [-0.15, -0.1) is 0 Å². The number of hydrogen-bond acceptors (Lipinski definition) is 7. The first-order valence-corrected chi connectivity index (χ1v) is 7.56. The molecule has 1 N–H and O–H groups in total. The number of rotatable bonds is 6. The lowest BCUT2D eigenvalue weighted by molar-refractivity contribution is -0.120. The minimum Gasteiger partial charge on any atom is -0.355 e. The monoisotopic (exact) mass is 327 g/mol. The minimum absolute atomic E-state index is 0.133. The van der Waals surface area contributed by atoms with Crippen molar-refractivity contribution < 1.29 is 13.9 Å². The molecule has 0 saturated carbocycles. The average molecular weight is 327 g/mol. The van der Waals surface area contributed by atoms with Crippen LogP contribution in [0.5, 0.6) is 0 Å². The summed E-state index contributed by atoms with van der Waals surface area (Å²) < 4.78 is 9.77. The van der Waals surface area contributed by atoms with E-state index in [4.69, 9.17) is 4.52 Å². The summed E-state index contributed by atoms with van der Waals surface area (Å²) in [5.74, 6) is 0.859. The summed E-state index contributed by atoms with van der Waals surface area (Å²) in [5.41, 5.74) is 3.22. The van der Waals surface area contributed by atoms with E-state index in [-0.39, 0.29) is 12.3 Å². The molecule has 0 bridgehead atoms. The van der Waals surface area contributed by atoms with Gasteiger partial charge in [0.1, 0.15) is 11.4 Å². The third kappa shape index (κ3) is 3.83. The molecule has 2 aromatic heterocycles. The second-order valence-electron chi connectivity index (χ2n) is 5.45. The Morgan fingerprint density at radius 3 is 2.62 bits per heavy atom. The molecule has 1 amide bonds. The van der Waals surface area contributed by atoms with Crippen LogP contribution in [-0.4, -0.2) is 32.9 Å². The van der Waals surface area contributed by atoms with E-state index in [0.717, 1.165) is 5.56 Å². The number of carbonyl (C=O) groups excluding carboxylic acids is 1. The van der Waals surface area contributed by atoms with Gasteiger partial charge in [0.25, 0.3) is 0 Å². The van der Waals surface area contributed by atoms with Crippen LogP contribution in [0, 0.1) is 13.8 Å². The van der Waals surface area contributed by atoms with Gasteiger partial charge in [0.15, 0.2) is 0 Å². The maximum Gasteiger partial charge on any atom is 0.228 e. The van der Waals surface area contributed by atoms with E-state index in [1.807, 2.05) is 31.2 Å². The smallest absolute Gasteiger partial charge is 0.228 e. The van der Waals surface area contributed by atoms with Gasteiger partial charge in [0, 0.05) is 18.5 Å². The van der Waals surface area contributed by atoms with E-state index in [1.165, 1.54) is 5.56 Å². The fourth-order valence-corrected chi connectivity index (χ4v) is 2.11. The molecule has 8 nitrogen and oxygen atoms in total. The predicted octanol–water partition coefficient (Wildman–Crippen LogP) is 1.64. The minimum atomic E-state index is -0.160. The van der Waals surface area contributed by atoms with Crippen LogP contribution in [-0.2, 0) is 17.6 Å². The van der Waals surface area contributed by atoms with Crippen LogP contribution in [0.15, 0.2) is 33.4 Å². The number of nitrogens with zero attached hydrogens (tertiary/aromatic N) is 4. The van der Waals surface area contributed by atoms with Gasteiger partial charge < -0.3 is 9.84 Å². The highest BCUT2D eigenvalue weighted by atomic mass is 16.6. The fraction of sp³-hybridized carbons (Fsp3) is 0.312. The zero-order valence-electron chi connectivity index (χ0n) is 13.4. The quantitative estimate of drug-likeness (QED) is 0.733. The summed E-state index contributed by atoms with van der Waals surface area (Å²) >= 11 is 0. The number of aromatic nitrogens is 4. The van der Waals surface area contributed by atoms with E-state index in [9.17, 15) is 4.79 Å². The lowest BCUT2D eigenvalue weighted by Crippen LogP contribution is -2.27. The molecule has 124 valence electrons. The Hall–Kier alpha value is -3.03. The largest absolute Gasteiger partial charge is 0.355 e. The van der Waals surface area contributed by atoms with Crippen LogP contribution in [0.3, 0.4) is 0 Å². The van der Waals surface area contributed by atoms with Crippen molar-refractivity contribution in [1.82, 2.24) is 25.8 Å². The van der Waals surface area contributed by atoms with Gasteiger partial charge in [-0.1, -0.05) is 45.3 Å². The second-order valence-corrected chi connectivity index (χ2v) is 5.45. The van der Waals surface area contributed by atoms with Gasteiger partial charge in [-0.25, -0.2) is 4.63 Å². The Balaban J connectivity index is 1.50. The molecule has 2 heterocycles. The number of aryl methyl sites for hydroxylation is 2. The number of carbonyl (C=O) groups is 1. The van der Waals surface area contributed by atoms with E-state index in [1.54, 1.807) is 6.92 Å². The molecule has 24 heavy (non-hydrogen) atoms. The molecule has 0 radical (unpaired) electrons. The highest BCUT2D eigenvalue weighted by molar-refractivity contribution is 5.78. The molecule has 0 fully saturated rings. The number of nitrogens with one attached hydrogen (secondary N) is 1. The Morgan fingerprint density at radius 1 is 1.12 bits per heavy atom. The zero-order valence-corrected chi connectivity index (χ0v) is 13.4. The summed E-state index contributed by atoms with van der Waals surface area (Å²) in [6.07, 6.45) is 0.592. The molecular formula is C16H17N5O3. The number of hydrogen-bond donors (Lipinski definition) is 1. The Bertz CT molecular complexity index is 822. The van der Waals surface area contributed by atoms with Crippen molar-refractivity contribution in [3.05, 3.63) is 47.1 Å². The standard InChI is InChI=1S/C16H17N5O3/c1-10-3-5-12(6-4-10)16-18-15(23-21-16)7-8-17-14(22)9-13-11(2)19-24-20-13/h3-6H,7-9H2,1-2H3,(H,17,22). The Kier molecular flexibility index (Phi) is 4.64. The van der Waals surface area contributed by atoms with Gasteiger partial charge in [0.2, 0.25) is 17.6 Å². The molecular weight excluding hydrogens is 310 g/mol. The van der Waals surface area contributed by atoms with Crippen molar-refractivity contribution in [2.45, 2.75) is 26.7 Å². The highest BCUT2D eigenvalue weighted by Gasteiger charge is 2.12. The summed E-state index contributed by atoms with van der Waals surface area (Å²) in [4.78, 5) is 16.2. The van der Waals surface area contributed by atoms with E-state index in [2.05, 4.69) is 30.4 Å². The average Bonchev–Trinajstić information content (AvgIpc) is 3.18. The number of benzene rings is 1. The summed E-state index contributed by atoms with van der Waals surface area (Å²) in [7, 11) is 0. The molecule has 0 spiro atoms. The Labute approximate surface area is 138 Å². The molecule has 3 rings (SSSR count). The second kappa shape index (κ2) is 7.03. The van der Waals surface area contributed by atoms with Crippen molar-refractivity contribution >= 4 is 5.91 Å². The van der Waals surface area contributed by atoms with Crippen molar-refractivity contribution in [2.75, 3.05) is 6.54 Å². The van der Waals surface area contributed by atoms with Gasteiger partial charge in [-0.2, -0.15) is 4.98 Å². The first-order valence-electron chi connectivity index (χ1n) is 7.56. The molecule has 1 aromatic carbocycles. The SMILES string of the molecule is Cc1ccc(-c2noc(CCNC(=O)Cc3nonc3C)n2)cc1. The van der Waals surface area contributed by atoms with E-state index < -0.39 is 0 Å². The summed E-state index contributed by atoms with van der Waals surface area (Å²) in [5, 5.41) is 14.0. The Morgan fingerprint density at radius 2 is 1.92 bits per heavy atom. The van der Waals surface area contributed by atoms with Crippen molar-refractivity contribution in [2.24, 2.45) is 0 Å². The van der Waals surface area contributed by atoms with Crippen LogP contribution >= 0.6 is 0 Å². The molecule has 0 atom stereocenters. The lowest BCUT2D eigenvalue weighted by atomic mass is 10.1. The third-order valence-corrected chi connectivity index (χ3v) is 3.51. The summed E-state index contributed by atoms with van der Waals surface area (Å²) in [6, 6.07) is 7.87. The highest BCUT2D eigenvalue weighted by Crippen LogP contribution is 2.16. The molecule has 0 aliphatic rings. The first-order chi connectivity index (χ1) is 11.6. The predicted molar refractivity (Wildman–Crippen MR) is 83.9 cm³/mol. The molecule has 8 heteroatoms. The van der Waals surface area contributed by atoms with Crippen LogP contribution in [0.2, 0.25) is 0 Å². The maximum absolute atomic E-state index is 11.8. The van der Waals surface area contributed by atoms with Gasteiger partial charge >= 0.3 is 0 Å². The van der Waals surface area contributed by atoms with Gasteiger partial charge in [-0.05, 0) is 13.8 Å². The van der Waals surface area contributed by atoms with Gasteiger partial charge in [0.05, 0.1) is 6.42 Å². The van der Waals surface area contributed by atoms with Crippen LogP contribution < -0.4 is 5.32 Å². The molecule has 0 saturated heterocycles. The summed E-state index contributed by atoms with van der Waals surface area (Å²) in [6.45, 7) is 4.16. The first kappa shape index (κ1) is 15.9. The molecule has 0 aliphatic heterocycles. The van der Waals surface area contributed by atoms with Crippen molar-refractivity contribution in [1.29, 1.82) is 0 Å². The van der Waals surface area contributed by atoms with Crippen molar-refractivity contribution in [3.8, 4) is 11.4 Å². The number of amides is 1. The van der Waals surface area contributed by atoms with Gasteiger partial charge in [-0.3, -0.25) is 4.79 Å². The zero-order chi connectivity index (χ0) is 16.9. The normalized spacial score (nSPS) is 10.8. The van der Waals surface area contributed by atoms with Crippen LogP contribution in [0.1, 0.15) is 22.8 Å². The van der Waals surface area contributed by atoms with E-state index >= 15 is 0 Å². The molecule has 0 aliphatic carbocycles. The topological polar surface area (TPSA) is 107 Å². The van der Waals surface area contributed by atoms with Crippen LogP contribution in [0.4, 0.5) is 0 Å². The fourth-order valence-electron chi connectivity index (χ4n) is 2.11. The van der Waals surface area contributed by atoms with Crippen LogP contribution in [0.25, 0.3) is 11.4 Å². The van der Waals surface area contributed by atoms with E-state index in [0.29, 0.717) is 36.1 Å². The molecule has 3 aromatic rings. The molecule has 0 unspecified atom stereocenters. The lowest BCUT2D eigenvalue weighted by Gasteiger charge is -2.01. The third-order valence-electron chi connectivity index (χ3n) is 3.51. The maximum atomic E-state index is 11.8. The van der Waals surface area contributed by atoms with Crippen molar-refractivity contribution in [3.63, 3.8) is 0 Å².